The molecule has 4 nitrogen and oxygen atoms in total. The molecule has 0 aromatic carbocycles. The molecular weight excluding hydrogens is 170 g/mol. The van der Waals surface area contributed by atoms with Crippen LogP contribution in [0.5, 0.6) is 0 Å². The summed E-state index contributed by atoms with van der Waals surface area (Å²) in [5.41, 5.74) is -0.167. The average molecular weight is 187 g/mol. The van der Waals surface area contributed by atoms with Crippen LogP contribution in [-0.4, -0.2) is 49.8 Å². The van der Waals surface area contributed by atoms with E-state index in [4.69, 9.17) is 4.74 Å². The molecule has 0 spiro atoms. The number of likely N-dealkylation sites (N-methyl/N-ethyl adjacent to an activating group) is 1. The van der Waals surface area contributed by atoms with Gasteiger partial charge in [0, 0.05) is 6.54 Å². The van der Waals surface area contributed by atoms with Gasteiger partial charge in [0.05, 0.1) is 19.3 Å². The van der Waals surface area contributed by atoms with Crippen LogP contribution in [0.15, 0.2) is 0 Å². The minimum atomic E-state index is -0.252. The molecule has 76 valence electrons. The third-order valence-electron chi connectivity index (χ3n) is 2.27. The number of carbonyl (C=O) groups excluding carboxylic acids is 1. The van der Waals surface area contributed by atoms with E-state index in [0.29, 0.717) is 6.61 Å². The number of ether oxygens (including phenoxy) is 2. The molecule has 0 bridgehead atoms. The Morgan fingerprint density at radius 2 is 2.23 bits per heavy atom. The van der Waals surface area contributed by atoms with Crippen molar-refractivity contribution in [2.24, 2.45) is 0 Å². The van der Waals surface area contributed by atoms with Crippen LogP contribution in [0.1, 0.15) is 13.8 Å². The highest BCUT2D eigenvalue weighted by Crippen LogP contribution is 2.19. The highest BCUT2D eigenvalue weighted by atomic mass is 16.5. The minimum Gasteiger partial charge on any atom is -0.468 e. The molecule has 0 unspecified atom stereocenters. The van der Waals surface area contributed by atoms with Gasteiger partial charge in [-0.1, -0.05) is 0 Å². The predicted octanol–water partition coefficient (Wildman–Crippen LogP) is 0.269. The van der Waals surface area contributed by atoms with Gasteiger partial charge in [-0.25, -0.2) is 0 Å². The van der Waals surface area contributed by atoms with Crippen molar-refractivity contribution in [1.29, 1.82) is 0 Å². The monoisotopic (exact) mass is 187 g/mol. The Kier molecular flexibility index (Phi) is 2.93. The molecule has 0 radical (unpaired) electrons. The van der Waals surface area contributed by atoms with Gasteiger partial charge >= 0.3 is 5.97 Å². The first kappa shape index (κ1) is 10.5. The van der Waals surface area contributed by atoms with E-state index in [2.05, 4.69) is 4.74 Å². The zero-order chi connectivity index (χ0) is 10.1. The standard InChI is InChI=1S/C9H17NO3/c1-9(2)6-10(3)7(5-13-9)8(11)12-4/h7H,5-6H2,1-4H3/t7-/m0/s1. The Morgan fingerprint density at radius 1 is 1.62 bits per heavy atom. The van der Waals surface area contributed by atoms with Crippen LogP contribution in [0, 0.1) is 0 Å². The molecule has 1 fully saturated rings. The molecule has 0 aliphatic carbocycles. The van der Waals surface area contributed by atoms with Crippen molar-refractivity contribution in [2.45, 2.75) is 25.5 Å². The van der Waals surface area contributed by atoms with Crippen LogP contribution in [-0.2, 0) is 14.3 Å². The second kappa shape index (κ2) is 3.64. The number of nitrogens with zero attached hydrogens (tertiary/aromatic N) is 1. The van der Waals surface area contributed by atoms with Crippen LogP contribution in [0.4, 0.5) is 0 Å². The maximum atomic E-state index is 11.2. The van der Waals surface area contributed by atoms with Crippen molar-refractivity contribution < 1.29 is 14.3 Å². The lowest BCUT2D eigenvalue weighted by molar-refractivity contribution is -0.162. The maximum Gasteiger partial charge on any atom is 0.325 e. The molecule has 0 amide bonds. The highest BCUT2D eigenvalue weighted by Gasteiger charge is 2.35. The molecule has 1 aliphatic heterocycles. The van der Waals surface area contributed by atoms with Crippen LogP contribution >= 0.6 is 0 Å². The van der Waals surface area contributed by atoms with E-state index in [0.717, 1.165) is 6.54 Å². The summed E-state index contributed by atoms with van der Waals surface area (Å²) in [6, 6.07) is -0.252. The molecule has 0 aromatic rings. The third kappa shape index (κ3) is 2.42. The summed E-state index contributed by atoms with van der Waals surface area (Å²) in [5, 5.41) is 0. The summed E-state index contributed by atoms with van der Waals surface area (Å²) >= 11 is 0. The van der Waals surface area contributed by atoms with E-state index >= 15 is 0 Å². The molecule has 0 N–H and O–H groups in total. The molecule has 1 aliphatic rings. The number of morpholine rings is 1. The fraction of sp³-hybridized carbons (Fsp3) is 0.889. The second-order valence-corrected chi connectivity index (χ2v) is 4.02. The summed E-state index contributed by atoms with van der Waals surface area (Å²) in [6.45, 7) is 5.18. The van der Waals surface area contributed by atoms with Gasteiger partial charge in [-0.15, -0.1) is 0 Å². The number of methoxy groups -OCH3 is 1. The van der Waals surface area contributed by atoms with Crippen molar-refractivity contribution in [1.82, 2.24) is 4.90 Å². The van der Waals surface area contributed by atoms with Crippen molar-refractivity contribution in [3.8, 4) is 0 Å². The fourth-order valence-corrected chi connectivity index (χ4v) is 1.57. The first-order valence-corrected chi connectivity index (χ1v) is 4.38. The van der Waals surface area contributed by atoms with Crippen molar-refractivity contribution in [3.63, 3.8) is 0 Å². The third-order valence-corrected chi connectivity index (χ3v) is 2.27. The summed E-state index contributed by atoms with van der Waals surface area (Å²) in [4.78, 5) is 13.2. The Balaban J connectivity index is 2.58. The zero-order valence-electron chi connectivity index (χ0n) is 8.66. The lowest BCUT2D eigenvalue weighted by Gasteiger charge is -2.40. The smallest absolute Gasteiger partial charge is 0.325 e. The average Bonchev–Trinajstić information content (AvgIpc) is 2.01. The molecular formula is C9H17NO3. The topological polar surface area (TPSA) is 38.8 Å². The Labute approximate surface area is 78.8 Å². The number of hydrogen-bond donors (Lipinski definition) is 0. The molecule has 1 atom stereocenters. The van der Waals surface area contributed by atoms with Crippen LogP contribution in [0.2, 0.25) is 0 Å². The van der Waals surface area contributed by atoms with Gasteiger partial charge in [-0.05, 0) is 20.9 Å². The lowest BCUT2D eigenvalue weighted by Crippen LogP contribution is -2.55. The van der Waals surface area contributed by atoms with E-state index in [9.17, 15) is 4.79 Å². The number of hydrogen-bond acceptors (Lipinski definition) is 4. The Bertz CT molecular complexity index is 203. The van der Waals surface area contributed by atoms with E-state index in [1.54, 1.807) is 0 Å². The zero-order valence-corrected chi connectivity index (χ0v) is 8.66. The van der Waals surface area contributed by atoms with Gasteiger partial charge in [-0.3, -0.25) is 9.69 Å². The van der Waals surface area contributed by atoms with Gasteiger partial charge in [-0.2, -0.15) is 0 Å². The van der Waals surface area contributed by atoms with Crippen molar-refractivity contribution in [2.75, 3.05) is 27.3 Å². The molecule has 0 saturated carbocycles. The van der Waals surface area contributed by atoms with Gasteiger partial charge in [0.15, 0.2) is 0 Å². The molecule has 1 rings (SSSR count). The Hall–Kier alpha value is -0.610. The van der Waals surface area contributed by atoms with Gasteiger partial charge in [0.1, 0.15) is 6.04 Å². The Morgan fingerprint density at radius 3 is 2.69 bits per heavy atom. The highest BCUT2D eigenvalue weighted by molar-refractivity contribution is 5.75. The lowest BCUT2D eigenvalue weighted by atomic mass is 10.1. The van der Waals surface area contributed by atoms with Gasteiger partial charge in [0.25, 0.3) is 0 Å². The summed E-state index contributed by atoms with van der Waals surface area (Å²) < 4.78 is 10.2. The number of rotatable bonds is 1. The van der Waals surface area contributed by atoms with Gasteiger partial charge in [0.2, 0.25) is 0 Å². The summed E-state index contributed by atoms with van der Waals surface area (Å²) in [7, 11) is 3.31. The fourth-order valence-electron chi connectivity index (χ4n) is 1.57. The summed E-state index contributed by atoms with van der Waals surface area (Å²) in [6.07, 6.45) is 0. The van der Waals surface area contributed by atoms with Crippen LogP contribution in [0.25, 0.3) is 0 Å². The number of esters is 1. The normalized spacial score (nSPS) is 28.5. The van der Waals surface area contributed by atoms with Crippen molar-refractivity contribution in [3.05, 3.63) is 0 Å². The predicted molar refractivity (Wildman–Crippen MR) is 48.5 cm³/mol. The molecule has 1 saturated heterocycles. The second-order valence-electron chi connectivity index (χ2n) is 4.02. The molecule has 0 aromatic heterocycles. The molecule has 1 heterocycles. The summed E-state index contributed by atoms with van der Waals surface area (Å²) in [5.74, 6) is -0.224. The first-order chi connectivity index (χ1) is 5.96. The SMILES string of the molecule is COC(=O)[C@@H]1COC(C)(C)CN1C. The largest absolute Gasteiger partial charge is 0.468 e. The maximum absolute atomic E-state index is 11.2. The van der Waals surface area contributed by atoms with Gasteiger partial charge < -0.3 is 9.47 Å². The van der Waals surface area contributed by atoms with E-state index in [-0.39, 0.29) is 17.6 Å². The van der Waals surface area contributed by atoms with Crippen molar-refractivity contribution >= 4 is 5.97 Å². The molecule has 4 heteroatoms. The van der Waals surface area contributed by atoms with Crippen LogP contribution < -0.4 is 0 Å². The van der Waals surface area contributed by atoms with E-state index in [1.165, 1.54) is 7.11 Å². The quantitative estimate of drug-likeness (QED) is 0.552. The molecule has 13 heavy (non-hydrogen) atoms. The van der Waals surface area contributed by atoms with Crippen LogP contribution in [0.3, 0.4) is 0 Å². The number of carbonyl (C=O) groups is 1. The van der Waals surface area contributed by atoms with E-state index < -0.39 is 0 Å². The minimum absolute atomic E-state index is 0.167. The first-order valence-electron chi connectivity index (χ1n) is 4.38. The van der Waals surface area contributed by atoms with E-state index in [1.807, 2.05) is 25.8 Å².